The summed E-state index contributed by atoms with van der Waals surface area (Å²) in [7, 11) is 0. The fourth-order valence-electron chi connectivity index (χ4n) is 1.12. The number of rotatable bonds is 5. The van der Waals surface area contributed by atoms with Gasteiger partial charge >= 0.3 is 0 Å². The quantitative estimate of drug-likeness (QED) is 0.891. The van der Waals surface area contributed by atoms with Crippen LogP contribution in [0.5, 0.6) is 0 Å². The van der Waals surface area contributed by atoms with Crippen molar-refractivity contribution < 1.29 is 0 Å². The SMILES string of the molecule is CSCCC(C)Nc1ccncc1Br. The molecule has 14 heavy (non-hydrogen) atoms. The Morgan fingerprint density at radius 1 is 1.64 bits per heavy atom. The summed E-state index contributed by atoms with van der Waals surface area (Å²) in [6, 6.07) is 2.49. The van der Waals surface area contributed by atoms with E-state index in [1.807, 2.05) is 24.0 Å². The lowest BCUT2D eigenvalue weighted by Crippen LogP contribution is -2.16. The van der Waals surface area contributed by atoms with E-state index in [-0.39, 0.29) is 0 Å². The Hall–Kier alpha value is -0.220. The molecule has 1 unspecified atom stereocenters. The van der Waals surface area contributed by atoms with Crippen molar-refractivity contribution in [3.05, 3.63) is 22.9 Å². The van der Waals surface area contributed by atoms with Crippen molar-refractivity contribution >= 4 is 33.4 Å². The number of halogens is 1. The smallest absolute Gasteiger partial charge is 0.0590 e. The first kappa shape index (κ1) is 11.9. The van der Waals surface area contributed by atoms with Gasteiger partial charge in [0.05, 0.1) is 10.2 Å². The van der Waals surface area contributed by atoms with E-state index in [1.165, 1.54) is 12.2 Å². The van der Waals surface area contributed by atoms with Crippen LogP contribution < -0.4 is 5.32 Å². The van der Waals surface area contributed by atoms with Crippen molar-refractivity contribution in [1.82, 2.24) is 4.98 Å². The Balaban J connectivity index is 2.47. The van der Waals surface area contributed by atoms with Crippen LogP contribution >= 0.6 is 27.7 Å². The van der Waals surface area contributed by atoms with Gasteiger partial charge in [-0.1, -0.05) is 0 Å². The summed E-state index contributed by atoms with van der Waals surface area (Å²) < 4.78 is 1.02. The summed E-state index contributed by atoms with van der Waals surface area (Å²) >= 11 is 5.34. The van der Waals surface area contributed by atoms with Crippen LogP contribution in [0.2, 0.25) is 0 Å². The van der Waals surface area contributed by atoms with Gasteiger partial charge in [0.15, 0.2) is 0 Å². The molecule has 0 aliphatic heterocycles. The minimum Gasteiger partial charge on any atom is -0.382 e. The van der Waals surface area contributed by atoms with Gasteiger partial charge < -0.3 is 5.32 Å². The minimum absolute atomic E-state index is 0.501. The molecule has 78 valence electrons. The van der Waals surface area contributed by atoms with Crippen LogP contribution in [0.1, 0.15) is 13.3 Å². The Morgan fingerprint density at radius 2 is 2.43 bits per heavy atom. The van der Waals surface area contributed by atoms with Gasteiger partial charge in [-0.15, -0.1) is 0 Å². The molecule has 0 spiro atoms. The topological polar surface area (TPSA) is 24.9 Å². The van der Waals surface area contributed by atoms with E-state index >= 15 is 0 Å². The molecular formula is C10H15BrN2S. The van der Waals surface area contributed by atoms with Crippen LogP contribution in [0.4, 0.5) is 5.69 Å². The second-order valence-corrected chi connectivity index (χ2v) is 5.02. The normalized spacial score (nSPS) is 12.5. The second-order valence-electron chi connectivity index (χ2n) is 3.18. The van der Waals surface area contributed by atoms with E-state index in [4.69, 9.17) is 0 Å². The third-order valence-corrected chi connectivity index (χ3v) is 3.21. The van der Waals surface area contributed by atoms with Gasteiger partial charge in [0, 0.05) is 18.4 Å². The molecular weight excluding hydrogens is 260 g/mol. The van der Waals surface area contributed by atoms with E-state index in [0.29, 0.717) is 6.04 Å². The van der Waals surface area contributed by atoms with Gasteiger partial charge in [-0.25, -0.2) is 0 Å². The molecule has 1 atom stereocenters. The molecule has 0 saturated heterocycles. The van der Waals surface area contributed by atoms with Crippen molar-refractivity contribution in [2.45, 2.75) is 19.4 Å². The molecule has 1 heterocycles. The van der Waals surface area contributed by atoms with Gasteiger partial charge in [0.25, 0.3) is 0 Å². The predicted molar refractivity (Wildman–Crippen MR) is 68.0 cm³/mol. The summed E-state index contributed by atoms with van der Waals surface area (Å²) in [6.07, 6.45) is 6.92. The fraction of sp³-hybridized carbons (Fsp3) is 0.500. The zero-order chi connectivity index (χ0) is 10.4. The molecule has 0 aliphatic carbocycles. The van der Waals surface area contributed by atoms with Crippen molar-refractivity contribution in [3.8, 4) is 0 Å². The summed E-state index contributed by atoms with van der Waals surface area (Å²) in [4.78, 5) is 4.02. The zero-order valence-electron chi connectivity index (χ0n) is 8.46. The average molecular weight is 275 g/mol. The Labute approximate surface area is 98.0 Å². The molecule has 0 saturated carbocycles. The highest BCUT2D eigenvalue weighted by molar-refractivity contribution is 9.10. The maximum atomic E-state index is 4.02. The number of pyridine rings is 1. The predicted octanol–water partition coefficient (Wildman–Crippen LogP) is 3.40. The first-order chi connectivity index (χ1) is 6.74. The van der Waals surface area contributed by atoms with E-state index in [0.717, 1.165) is 10.2 Å². The average Bonchev–Trinajstić information content (AvgIpc) is 2.18. The third kappa shape index (κ3) is 3.88. The standard InChI is InChI=1S/C10H15BrN2S/c1-8(4-6-14-2)13-10-3-5-12-7-9(10)11/h3,5,7-8H,4,6H2,1-2H3,(H,12,13). The number of anilines is 1. The summed E-state index contributed by atoms with van der Waals surface area (Å²) in [5.74, 6) is 1.19. The molecule has 1 aromatic rings. The molecule has 0 fully saturated rings. The summed E-state index contributed by atoms with van der Waals surface area (Å²) in [5.41, 5.74) is 1.12. The third-order valence-electron chi connectivity index (χ3n) is 1.93. The number of hydrogen-bond donors (Lipinski definition) is 1. The van der Waals surface area contributed by atoms with Crippen LogP contribution in [0.15, 0.2) is 22.9 Å². The van der Waals surface area contributed by atoms with E-state index < -0.39 is 0 Å². The first-order valence-electron chi connectivity index (χ1n) is 4.59. The van der Waals surface area contributed by atoms with Gasteiger partial charge in [0.1, 0.15) is 0 Å². The van der Waals surface area contributed by atoms with E-state index in [1.54, 1.807) is 6.20 Å². The number of nitrogens with one attached hydrogen (secondary N) is 1. The van der Waals surface area contributed by atoms with Crippen LogP contribution in [-0.4, -0.2) is 23.0 Å². The van der Waals surface area contributed by atoms with Crippen molar-refractivity contribution in [3.63, 3.8) is 0 Å². The zero-order valence-corrected chi connectivity index (χ0v) is 10.9. The second kappa shape index (κ2) is 6.30. The Morgan fingerprint density at radius 3 is 3.07 bits per heavy atom. The number of nitrogens with zero attached hydrogens (tertiary/aromatic N) is 1. The highest BCUT2D eigenvalue weighted by atomic mass is 79.9. The molecule has 4 heteroatoms. The van der Waals surface area contributed by atoms with Gasteiger partial charge in [-0.2, -0.15) is 11.8 Å². The Bertz CT molecular complexity index is 281. The van der Waals surface area contributed by atoms with Gasteiger partial charge in [-0.3, -0.25) is 4.98 Å². The van der Waals surface area contributed by atoms with Crippen LogP contribution in [0, 0.1) is 0 Å². The molecule has 0 bridgehead atoms. The fourth-order valence-corrected chi connectivity index (χ4v) is 2.08. The van der Waals surface area contributed by atoms with Crippen LogP contribution in [-0.2, 0) is 0 Å². The number of aromatic nitrogens is 1. The lowest BCUT2D eigenvalue weighted by molar-refractivity contribution is 0.771. The highest BCUT2D eigenvalue weighted by Crippen LogP contribution is 2.21. The molecule has 1 rings (SSSR count). The molecule has 1 aromatic heterocycles. The largest absolute Gasteiger partial charge is 0.382 e. The van der Waals surface area contributed by atoms with Gasteiger partial charge in [0.2, 0.25) is 0 Å². The molecule has 0 aliphatic rings. The summed E-state index contributed by atoms with van der Waals surface area (Å²) in [5, 5.41) is 3.44. The minimum atomic E-state index is 0.501. The maximum Gasteiger partial charge on any atom is 0.0590 e. The van der Waals surface area contributed by atoms with Crippen molar-refractivity contribution in [2.75, 3.05) is 17.3 Å². The molecule has 0 radical (unpaired) electrons. The highest BCUT2D eigenvalue weighted by Gasteiger charge is 2.03. The number of thioether (sulfide) groups is 1. The molecule has 2 nitrogen and oxygen atoms in total. The van der Waals surface area contributed by atoms with E-state index in [2.05, 4.69) is 39.4 Å². The lowest BCUT2D eigenvalue weighted by atomic mass is 10.2. The monoisotopic (exact) mass is 274 g/mol. The number of hydrogen-bond acceptors (Lipinski definition) is 3. The van der Waals surface area contributed by atoms with Crippen LogP contribution in [0.25, 0.3) is 0 Å². The maximum absolute atomic E-state index is 4.02. The molecule has 0 aromatic carbocycles. The lowest BCUT2D eigenvalue weighted by Gasteiger charge is -2.15. The molecule has 0 amide bonds. The van der Waals surface area contributed by atoms with Gasteiger partial charge in [-0.05, 0) is 47.3 Å². The Kier molecular flexibility index (Phi) is 5.33. The molecule has 1 N–H and O–H groups in total. The van der Waals surface area contributed by atoms with Crippen molar-refractivity contribution in [2.24, 2.45) is 0 Å². The first-order valence-corrected chi connectivity index (χ1v) is 6.77. The van der Waals surface area contributed by atoms with Crippen molar-refractivity contribution in [1.29, 1.82) is 0 Å². The summed E-state index contributed by atoms with van der Waals surface area (Å²) in [6.45, 7) is 2.20. The van der Waals surface area contributed by atoms with E-state index in [9.17, 15) is 0 Å². The van der Waals surface area contributed by atoms with Crippen LogP contribution in [0.3, 0.4) is 0 Å².